The predicted octanol–water partition coefficient (Wildman–Crippen LogP) is 5.42. The van der Waals surface area contributed by atoms with Crippen LogP contribution in [-0.2, 0) is 21.7 Å². The number of nitrogens with zero attached hydrogens (tertiary/aromatic N) is 1. The maximum Gasteiger partial charge on any atom is 0.416 e. The average molecular weight is 568 g/mol. The zero-order valence-corrected chi connectivity index (χ0v) is 21.0. The van der Waals surface area contributed by atoms with Gasteiger partial charge in [0.1, 0.15) is 11.5 Å². The molecular formula is C24H24F7N3O3S. The monoisotopic (exact) mass is 567 g/mol. The van der Waals surface area contributed by atoms with Crippen LogP contribution in [-0.4, -0.2) is 39.7 Å². The maximum atomic E-state index is 15.6. The first-order valence-electron chi connectivity index (χ1n) is 11.3. The molecule has 1 fully saturated rings. The fourth-order valence-corrected chi connectivity index (χ4v) is 5.10. The number of sulfonamides is 1. The van der Waals surface area contributed by atoms with E-state index >= 15 is 4.39 Å². The Morgan fingerprint density at radius 2 is 1.68 bits per heavy atom. The standard InChI is InChI=1S/C24H24F7N3O3S/c1-3-33-20(19(25)21(32-2)37-18-9-7-16(8-10-18)24(29,30)31)15-5-4-6-17(13-15)22(11-12-22)34-38(35,36)14-23(26,27)28/h4-10,13,32,34H,3,11-12,14H2,1-2H3/b21-19-,33-20+. The number of hydrogen-bond donors (Lipinski definition) is 2. The van der Waals surface area contributed by atoms with Crippen molar-refractivity contribution in [2.24, 2.45) is 4.99 Å². The van der Waals surface area contributed by atoms with Gasteiger partial charge in [-0.3, -0.25) is 4.99 Å². The van der Waals surface area contributed by atoms with Gasteiger partial charge < -0.3 is 10.1 Å². The van der Waals surface area contributed by atoms with Crippen LogP contribution in [0.5, 0.6) is 5.75 Å². The molecule has 1 saturated carbocycles. The van der Waals surface area contributed by atoms with Crippen LogP contribution >= 0.6 is 0 Å². The fraction of sp³-hybridized carbons (Fsp3) is 0.375. The Morgan fingerprint density at radius 3 is 2.18 bits per heavy atom. The van der Waals surface area contributed by atoms with Crippen LogP contribution in [0.2, 0.25) is 0 Å². The third kappa shape index (κ3) is 7.47. The molecule has 0 spiro atoms. The van der Waals surface area contributed by atoms with Gasteiger partial charge in [-0.1, -0.05) is 18.2 Å². The van der Waals surface area contributed by atoms with Crippen molar-refractivity contribution in [3.63, 3.8) is 0 Å². The van der Waals surface area contributed by atoms with E-state index in [0.717, 1.165) is 24.3 Å². The first-order chi connectivity index (χ1) is 17.6. The summed E-state index contributed by atoms with van der Waals surface area (Å²) in [5, 5.41) is 2.49. The summed E-state index contributed by atoms with van der Waals surface area (Å²) < 4.78 is 124. The quantitative estimate of drug-likeness (QED) is 0.228. The number of aliphatic imine (C=N–C) groups is 1. The van der Waals surface area contributed by atoms with Gasteiger partial charge in [-0.05, 0) is 55.7 Å². The van der Waals surface area contributed by atoms with Crippen LogP contribution in [0.1, 0.15) is 36.5 Å². The Bertz CT molecular complexity index is 1320. The van der Waals surface area contributed by atoms with Gasteiger partial charge >= 0.3 is 12.4 Å². The van der Waals surface area contributed by atoms with Gasteiger partial charge in [0.25, 0.3) is 0 Å². The van der Waals surface area contributed by atoms with Crippen molar-refractivity contribution in [3.8, 4) is 5.75 Å². The summed E-state index contributed by atoms with van der Waals surface area (Å²) in [7, 11) is -3.37. The van der Waals surface area contributed by atoms with E-state index in [1.165, 1.54) is 31.3 Å². The Balaban J connectivity index is 1.92. The first kappa shape index (κ1) is 29.4. The van der Waals surface area contributed by atoms with Crippen LogP contribution in [0.15, 0.2) is 65.2 Å². The topological polar surface area (TPSA) is 79.8 Å². The SMILES string of the molecule is CC/N=C(/C(F)=C(\NC)Oc1ccc(C(F)(F)F)cc1)c1cccc(C2(NS(=O)(=O)CC(F)(F)F)CC2)c1. The van der Waals surface area contributed by atoms with Gasteiger partial charge in [0.05, 0.1) is 11.1 Å². The number of nitrogens with one attached hydrogen (secondary N) is 2. The molecule has 0 bridgehead atoms. The van der Waals surface area contributed by atoms with E-state index in [9.17, 15) is 34.8 Å². The number of ether oxygens (including phenoxy) is 1. The Morgan fingerprint density at radius 1 is 1.05 bits per heavy atom. The second kappa shape index (κ2) is 10.9. The van der Waals surface area contributed by atoms with Gasteiger partial charge in [0, 0.05) is 19.2 Å². The number of hydrogen-bond acceptors (Lipinski definition) is 5. The summed E-state index contributed by atoms with van der Waals surface area (Å²) in [6, 6.07) is 9.49. The largest absolute Gasteiger partial charge is 0.438 e. The summed E-state index contributed by atoms with van der Waals surface area (Å²) in [5.74, 6) is -3.56. The summed E-state index contributed by atoms with van der Waals surface area (Å²) in [6.07, 6.45) is -9.00. The van der Waals surface area contributed by atoms with Gasteiger partial charge in [0.15, 0.2) is 5.75 Å². The van der Waals surface area contributed by atoms with E-state index in [0.29, 0.717) is 5.56 Å². The number of halogens is 7. The van der Waals surface area contributed by atoms with E-state index in [1.54, 1.807) is 6.92 Å². The summed E-state index contributed by atoms with van der Waals surface area (Å²) >= 11 is 0. The molecule has 2 aromatic carbocycles. The minimum Gasteiger partial charge on any atom is -0.438 e. The second-order valence-electron chi connectivity index (χ2n) is 8.48. The van der Waals surface area contributed by atoms with Crippen molar-refractivity contribution in [3.05, 3.63) is 76.9 Å². The lowest BCUT2D eigenvalue weighted by Gasteiger charge is -2.20. The summed E-state index contributed by atoms with van der Waals surface area (Å²) in [6.45, 7) is 1.74. The summed E-state index contributed by atoms with van der Waals surface area (Å²) in [5.41, 5.74) is -1.87. The highest BCUT2D eigenvalue weighted by molar-refractivity contribution is 7.89. The minimum atomic E-state index is -4.92. The number of allylic oxidation sites excluding steroid dienone is 1. The molecule has 2 N–H and O–H groups in total. The molecular weight excluding hydrogens is 543 g/mol. The van der Waals surface area contributed by atoms with Gasteiger partial charge in [-0.15, -0.1) is 0 Å². The molecule has 0 amide bonds. The highest BCUT2D eigenvalue weighted by Gasteiger charge is 2.49. The Labute approximate surface area is 214 Å². The third-order valence-corrected chi connectivity index (χ3v) is 6.90. The zero-order valence-electron chi connectivity index (χ0n) is 20.2. The molecule has 0 heterocycles. The van der Waals surface area contributed by atoms with E-state index < -0.39 is 50.9 Å². The predicted molar refractivity (Wildman–Crippen MR) is 127 cm³/mol. The fourth-order valence-electron chi connectivity index (χ4n) is 3.68. The molecule has 0 unspecified atom stereocenters. The number of alkyl halides is 6. The molecule has 14 heteroatoms. The second-order valence-corrected chi connectivity index (χ2v) is 10.2. The number of benzene rings is 2. The molecule has 1 aliphatic carbocycles. The number of rotatable bonds is 10. The molecule has 208 valence electrons. The molecule has 1 aliphatic rings. The third-order valence-electron chi connectivity index (χ3n) is 5.50. The van der Waals surface area contributed by atoms with E-state index in [2.05, 4.69) is 15.0 Å². The highest BCUT2D eigenvalue weighted by Crippen LogP contribution is 2.46. The maximum absolute atomic E-state index is 15.6. The van der Waals surface area contributed by atoms with Crippen LogP contribution in [0.25, 0.3) is 0 Å². The summed E-state index contributed by atoms with van der Waals surface area (Å²) in [4.78, 5) is 4.15. The molecule has 0 saturated heterocycles. The highest BCUT2D eigenvalue weighted by atomic mass is 32.2. The van der Waals surface area contributed by atoms with Crippen molar-refractivity contribution >= 4 is 15.7 Å². The van der Waals surface area contributed by atoms with Crippen LogP contribution in [0.3, 0.4) is 0 Å². The molecule has 0 aromatic heterocycles. The molecule has 3 rings (SSSR count). The lowest BCUT2D eigenvalue weighted by Crippen LogP contribution is -2.40. The smallest absolute Gasteiger partial charge is 0.416 e. The molecule has 2 aromatic rings. The van der Waals surface area contributed by atoms with E-state index in [1.807, 2.05) is 0 Å². The first-order valence-corrected chi connectivity index (χ1v) is 12.9. The van der Waals surface area contributed by atoms with Crippen molar-refractivity contribution in [2.45, 2.75) is 37.7 Å². The Kier molecular flexibility index (Phi) is 8.46. The lowest BCUT2D eigenvalue weighted by molar-refractivity contribution is -0.137. The van der Waals surface area contributed by atoms with Crippen molar-refractivity contribution in [1.82, 2.24) is 10.0 Å². The van der Waals surface area contributed by atoms with E-state index in [4.69, 9.17) is 4.74 Å². The Hall–Kier alpha value is -3.13. The van der Waals surface area contributed by atoms with Gasteiger partial charge in [-0.25, -0.2) is 13.1 Å². The normalized spacial score (nSPS) is 16.6. The van der Waals surface area contributed by atoms with Crippen molar-refractivity contribution < 1.29 is 43.9 Å². The molecule has 0 atom stereocenters. The van der Waals surface area contributed by atoms with Crippen LogP contribution < -0.4 is 14.8 Å². The lowest BCUT2D eigenvalue weighted by atomic mass is 10.00. The molecule has 0 aliphatic heterocycles. The van der Waals surface area contributed by atoms with E-state index in [-0.39, 0.29) is 36.4 Å². The average Bonchev–Trinajstić information content (AvgIpc) is 3.58. The molecule has 6 nitrogen and oxygen atoms in total. The molecule has 38 heavy (non-hydrogen) atoms. The van der Waals surface area contributed by atoms with Gasteiger partial charge in [0.2, 0.25) is 21.7 Å². The van der Waals surface area contributed by atoms with Crippen LogP contribution in [0.4, 0.5) is 30.7 Å². The van der Waals surface area contributed by atoms with Gasteiger partial charge in [-0.2, -0.15) is 30.7 Å². The van der Waals surface area contributed by atoms with Crippen molar-refractivity contribution in [1.29, 1.82) is 0 Å². The van der Waals surface area contributed by atoms with Crippen LogP contribution in [0, 0.1) is 0 Å². The zero-order chi connectivity index (χ0) is 28.4. The minimum absolute atomic E-state index is 0.0851. The van der Waals surface area contributed by atoms with Crippen molar-refractivity contribution in [2.75, 3.05) is 19.3 Å². The molecule has 0 radical (unpaired) electrons.